The maximum absolute atomic E-state index is 14.1. The molecule has 5 nitrogen and oxygen atoms in total. The van der Waals surface area contributed by atoms with E-state index in [1.807, 2.05) is 20.8 Å². The Bertz CT molecular complexity index is 854. The molecule has 0 aromatic rings. The normalized spacial score (nSPS) is 38.4. The molecular weight excluding hydrogens is 605 g/mol. The monoisotopic (exact) mass is 640 g/mol. The third-order valence-corrected chi connectivity index (χ3v) is 15.0. The molecule has 2 aliphatic heterocycles. The number of ether oxygens (including phenoxy) is 1. The van der Waals surface area contributed by atoms with Crippen molar-refractivity contribution < 1.29 is 41.0 Å². The van der Waals surface area contributed by atoms with E-state index in [1.54, 1.807) is 0 Å². The van der Waals surface area contributed by atoms with Gasteiger partial charge >= 0.3 is 215 Å². The van der Waals surface area contributed by atoms with Crippen molar-refractivity contribution in [3.63, 3.8) is 0 Å². The summed E-state index contributed by atoms with van der Waals surface area (Å²) in [5, 5.41) is 10.6. The predicted molar refractivity (Wildman–Crippen MR) is 127 cm³/mol. The summed E-state index contributed by atoms with van der Waals surface area (Å²) in [5.41, 5.74) is -5.64. The summed E-state index contributed by atoms with van der Waals surface area (Å²) in [6, 6.07) is 0. The van der Waals surface area contributed by atoms with Crippen molar-refractivity contribution in [2.24, 2.45) is 40.9 Å². The Morgan fingerprint density at radius 2 is 1.28 bits per heavy atom. The SMILES string of the molecule is CC(C)C(C)(C(=O)OC1C2CCCCC2C(C(O)(C(F)(F)F)C(F)(F)F)C2CCCCC21)C12NI1N2. The van der Waals surface area contributed by atoms with Gasteiger partial charge in [0.2, 0.25) is 0 Å². The van der Waals surface area contributed by atoms with Crippen molar-refractivity contribution in [1.82, 2.24) is 7.06 Å². The van der Waals surface area contributed by atoms with Gasteiger partial charge < -0.3 is 0 Å². The maximum atomic E-state index is 14.1. The molecule has 12 heteroatoms. The summed E-state index contributed by atoms with van der Waals surface area (Å²) >= 11 is -1.55. The minimum atomic E-state index is -5.85. The van der Waals surface area contributed by atoms with Crippen LogP contribution in [0, 0.1) is 40.9 Å². The van der Waals surface area contributed by atoms with E-state index >= 15 is 0 Å². The van der Waals surface area contributed by atoms with E-state index in [0.717, 1.165) is 0 Å². The predicted octanol–water partition coefficient (Wildman–Crippen LogP) is 5.86. The standard InChI is InChI=1S/C24H35F6IN2O3/c1-12(2)20(3,24-31(32-24)33-24)19(34)36-18-15-10-6-4-8-13(15)17(14-9-5-7-11-16(14)18)21(35,22(25,26)27)23(28,29)30/h12-18,32-33,35H,4-11H2,1-3H3. The van der Waals surface area contributed by atoms with Gasteiger partial charge in [-0.1, -0.05) is 0 Å². The van der Waals surface area contributed by atoms with Crippen LogP contribution >= 0.6 is 20.4 Å². The molecule has 36 heavy (non-hydrogen) atoms. The van der Waals surface area contributed by atoms with E-state index in [9.17, 15) is 36.2 Å². The van der Waals surface area contributed by atoms with Crippen LogP contribution in [0.25, 0.3) is 0 Å². The molecule has 0 spiro atoms. The van der Waals surface area contributed by atoms with Gasteiger partial charge in [0.15, 0.2) is 0 Å². The van der Waals surface area contributed by atoms with Crippen LogP contribution in [0.15, 0.2) is 0 Å². The van der Waals surface area contributed by atoms with E-state index in [4.69, 9.17) is 4.74 Å². The summed E-state index contributed by atoms with van der Waals surface area (Å²) in [6.45, 7) is 5.71. The Hall–Kier alpha value is -0.340. The molecule has 5 atom stereocenters. The van der Waals surface area contributed by atoms with E-state index < -0.39 is 89.1 Å². The van der Waals surface area contributed by atoms with Crippen molar-refractivity contribution >= 4 is 26.3 Å². The van der Waals surface area contributed by atoms with Gasteiger partial charge in [0, 0.05) is 0 Å². The number of hydrogen-bond acceptors (Lipinski definition) is 5. The molecule has 3 N–H and O–H groups in total. The van der Waals surface area contributed by atoms with Gasteiger partial charge in [0.05, 0.1) is 0 Å². The summed E-state index contributed by atoms with van der Waals surface area (Å²) in [4.78, 5) is 13.7. The number of rotatable bonds is 5. The van der Waals surface area contributed by atoms with Gasteiger partial charge in [-0.25, -0.2) is 0 Å². The molecular formula is C24H35F6IN2O3. The molecule has 3 saturated carbocycles. The van der Waals surface area contributed by atoms with Crippen LogP contribution in [0.1, 0.15) is 72.1 Å². The van der Waals surface area contributed by atoms with Crippen LogP contribution in [-0.4, -0.2) is 38.8 Å². The van der Waals surface area contributed by atoms with Gasteiger partial charge in [-0.2, -0.15) is 0 Å². The Balaban J connectivity index is 1.53. The number of esters is 1. The third kappa shape index (κ3) is 3.69. The Labute approximate surface area is 214 Å². The zero-order chi connectivity index (χ0) is 26.5. The van der Waals surface area contributed by atoms with E-state index in [0.29, 0.717) is 38.5 Å². The fraction of sp³-hybridized carbons (Fsp3) is 0.958. The molecule has 2 heterocycles. The molecule has 0 aromatic carbocycles. The first-order valence-electron chi connectivity index (χ1n) is 12.9. The van der Waals surface area contributed by atoms with Crippen molar-refractivity contribution in [3.05, 3.63) is 0 Å². The zero-order valence-electron chi connectivity index (χ0n) is 20.6. The topological polar surface area (TPSA) is 90.4 Å². The van der Waals surface area contributed by atoms with Crippen molar-refractivity contribution in [2.45, 2.75) is 99.9 Å². The quantitative estimate of drug-likeness (QED) is 0.0667. The minimum absolute atomic E-state index is 0.0732. The number of hydrogen-bond donors (Lipinski definition) is 3. The third-order valence-electron chi connectivity index (χ3n) is 10.1. The van der Waals surface area contributed by atoms with Crippen LogP contribution in [-0.2, 0) is 9.53 Å². The molecule has 0 amide bonds. The molecule has 5 unspecified atom stereocenters. The molecule has 5 aliphatic rings. The molecule has 0 bridgehead atoms. The Kier molecular flexibility index (Phi) is 6.49. The van der Waals surface area contributed by atoms with Gasteiger partial charge in [0.1, 0.15) is 0 Å². The van der Waals surface area contributed by atoms with Crippen molar-refractivity contribution in [2.75, 3.05) is 0 Å². The first kappa shape index (κ1) is 27.2. The van der Waals surface area contributed by atoms with Crippen molar-refractivity contribution in [1.29, 1.82) is 0 Å². The van der Waals surface area contributed by atoms with Gasteiger partial charge in [-0.05, 0) is 0 Å². The molecule has 5 rings (SSSR count). The molecule has 208 valence electrons. The number of nitrogens with one attached hydrogen (secondary N) is 2. The van der Waals surface area contributed by atoms with E-state index in [-0.39, 0.29) is 18.8 Å². The van der Waals surface area contributed by atoms with E-state index in [2.05, 4.69) is 7.06 Å². The van der Waals surface area contributed by atoms with Crippen LogP contribution in [0.3, 0.4) is 0 Å². The first-order valence-corrected chi connectivity index (χ1v) is 16.2. The van der Waals surface area contributed by atoms with Crippen LogP contribution in [0.4, 0.5) is 26.3 Å². The number of carbonyl (C=O) groups excluding carboxylic acids is 1. The first-order chi connectivity index (χ1) is 16.6. The number of carbonyl (C=O) groups is 1. The average molecular weight is 640 g/mol. The van der Waals surface area contributed by atoms with Crippen molar-refractivity contribution in [3.8, 4) is 0 Å². The number of alkyl halides is 7. The van der Waals surface area contributed by atoms with Gasteiger partial charge in [-0.3, -0.25) is 0 Å². The second-order valence-electron chi connectivity index (χ2n) is 11.9. The summed E-state index contributed by atoms with van der Waals surface area (Å²) in [7, 11) is 0. The van der Waals surface area contributed by atoms with Crippen LogP contribution in [0.5, 0.6) is 0 Å². The summed E-state index contributed by atoms with van der Waals surface area (Å²) in [6.07, 6.45) is -9.03. The number of fused-ring (bicyclic) bond motifs is 3. The fourth-order valence-corrected chi connectivity index (χ4v) is 13.4. The molecule has 5 fully saturated rings. The second-order valence-corrected chi connectivity index (χ2v) is 16.2. The van der Waals surface area contributed by atoms with Gasteiger partial charge in [0.25, 0.3) is 0 Å². The Morgan fingerprint density at radius 1 is 0.889 bits per heavy atom. The number of aliphatic hydroxyl groups is 1. The summed E-state index contributed by atoms with van der Waals surface area (Å²) < 4.78 is 97.4. The molecule has 0 radical (unpaired) electrons. The fourth-order valence-electron chi connectivity index (χ4n) is 7.69. The molecule has 0 aromatic heterocycles. The number of halogens is 7. The average Bonchev–Trinajstić information content (AvgIpc) is 3.67. The molecule has 3 aliphatic carbocycles. The Morgan fingerprint density at radius 3 is 1.61 bits per heavy atom. The summed E-state index contributed by atoms with van der Waals surface area (Å²) in [5.74, 6) is -5.80. The molecule has 2 saturated heterocycles. The van der Waals surface area contributed by atoms with Gasteiger partial charge in [-0.15, -0.1) is 0 Å². The van der Waals surface area contributed by atoms with Crippen LogP contribution < -0.4 is 7.06 Å². The second kappa shape index (κ2) is 8.58. The zero-order valence-corrected chi connectivity index (χ0v) is 22.8. The van der Waals surface area contributed by atoms with Crippen LogP contribution in [0.2, 0.25) is 0 Å². The van der Waals surface area contributed by atoms with E-state index in [1.165, 1.54) is 0 Å².